The van der Waals surface area contributed by atoms with Crippen LogP contribution in [0.3, 0.4) is 0 Å². The van der Waals surface area contributed by atoms with Crippen molar-refractivity contribution in [2.45, 2.75) is 13.1 Å². The van der Waals surface area contributed by atoms with Gasteiger partial charge in [-0.3, -0.25) is 9.80 Å². The second-order valence-corrected chi connectivity index (χ2v) is 7.23. The number of hydrogen-bond acceptors (Lipinski definition) is 2. The Labute approximate surface area is 154 Å². The average molecular weight is 416 g/mol. The molecule has 0 unspecified atom stereocenters. The quantitative estimate of drug-likeness (QED) is 0.714. The van der Waals surface area contributed by atoms with Gasteiger partial charge >= 0.3 is 0 Å². The maximum Gasteiger partial charge on any atom is 0.141 e. The summed E-state index contributed by atoms with van der Waals surface area (Å²) in [6.07, 6.45) is 0. The minimum atomic E-state index is -0.263. The van der Waals surface area contributed by atoms with E-state index < -0.39 is 0 Å². The van der Waals surface area contributed by atoms with Gasteiger partial charge in [-0.15, -0.1) is 0 Å². The van der Waals surface area contributed by atoms with E-state index in [1.165, 1.54) is 6.07 Å². The molecule has 1 fully saturated rings. The van der Waals surface area contributed by atoms with Gasteiger partial charge in [0.1, 0.15) is 11.6 Å². The summed E-state index contributed by atoms with van der Waals surface area (Å²) in [5.74, 6) is -0.459. The zero-order valence-electron chi connectivity index (χ0n) is 13.1. The highest BCUT2D eigenvalue weighted by Crippen LogP contribution is 2.23. The minimum absolute atomic E-state index is 0.196. The molecular weight excluding hydrogens is 398 g/mol. The highest BCUT2D eigenvalue weighted by Gasteiger charge is 2.20. The second-order valence-electron chi connectivity index (χ2n) is 5.97. The molecule has 0 atom stereocenters. The predicted molar refractivity (Wildman–Crippen MR) is 96.1 cm³/mol. The van der Waals surface area contributed by atoms with Gasteiger partial charge in [0, 0.05) is 55.4 Å². The molecule has 0 radical (unpaired) electrons. The highest BCUT2D eigenvalue weighted by atomic mass is 79.9. The molecule has 0 N–H and O–H groups in total. The van der Waals surface area contributed by atoms with E-state index in [-0.39, 0.29) is 11.6 Å². The van der Waals surface area contributed by atoms with Crippen LogP contribution < -0.4 is 0 Å². The van der Waals surface area contributed by atoms with E-state index in [0.717, 1.165) is 26.2 Å². The zero-order valence-corrected chi connectivity index (χ0v) is 15.5. The first-order chi connectivity index (χ1) is 11.5. The molecule has 1 aliphatic rings. The summed E-state index contributed by atoms with van der Waals surface area (Å²) in [5, 5.41) is 0.466. The molecule has 2 nitrogen and oxygen atoms in total. The SMILES string of the molecule is Fc1cccc(Cl)c1CN1CCN(Cc2cccc(Br)c2F)CC1. The fourth-order valence-electron chi connectivity index (χ4n) is 2.92. The lowest BCUT2D eigenvalue weighted by atomic mass is 10.1. The Balaban J connectivity index is 1.57. The molecule has 2 aromatic rings. The lowest BCUT2D eigenvalue weighted by molar-refractivity contribution is 0.120. The van der Waals surface area contributed by atoms with Crippen LogP contribution >= 0.6 is 27.5 Å². The van der Waals surface area contributed by atoms with Crippen molar-refractivity contribution in [2.24, 2.45) is 0 Å². The molecule has 24 heavy (non-hydrogen) atoms. The summed E-state index contributed by atoms with van der Waals surface area (Å²) >= 11 is 9.32. The smallest absolute Gasteiger partial charge is 0.141 e. The fourth-order valence-corrected chi connectivity index (χ4v) is 3.55. The van der Waals surface area contributed by atoms with Gasteiger partial charge in [-0.2, -0.15) is 0 Å². The summed E-state index contributed by atoms with van der Waals surface area (Å²) in [7, 11) is 0. The second kappa shape index (κ2) is 7.91. The molecule has 0 aliphatic carbocycles. The van der Waals surface area contributed by atoms with E-state index in [9.17, 15) is 8.78 Å². The lowest BCUT2D eigenvalue weighted by Crippen LogP contribution is -2.45. The third kappa shape index (κ3) is 4.14. The van der Waals surface area contributed by atoms with Crippen molar-refractivity contribution in [2.75, 3.05) is 26.2 Å². The van der Waals surface area contributed by atoms with Crippen LogP contribution in [-0.4, -0.2) is 36.0 Å². The molecule has 1 saturated heterocycles. The summed E-state index contributed by atoms with van der Waals surface area (Å²) in [5.41, 5.74) is 1.24. The molecule has 128 valence electrons. The van der Waals surface area contributed by atoms with Crippen molar-refractivity contribution in [1.29, 1.82) is 0 Å². The Kier molecular flexibility index (Phi) is 5.87. The van der Waals surface area contributed by atoms with Crippen LogP contribution in [0.25, 0.3) is 0 Å². The number of rotatable bonds is 4. The topological polar surface area (TPSA) is 6.48 Å². The normalized spacial score (nSPS) is 16.5. The van der Waals surface area contributed by atoms with E-state index in [2.05, 4.69) is 25.7 Å². The van der Waals surface area contributed by atoms with E-state index in [1.54, 1.807) is 18.2 Å². The summed E-state index contributed by atoms with van der Waals surface area (Å²) in [6.45, 7) is 4.33. The molecular formula is C18H18BrClF2N2. The van der Waals surface area contributed by atoms with Gasteiger partial charge in [-0.05, 0) is 34.1 Å². The Hall–Kier alpha value is -1.01. The number of hydrogen-bond donors (Lipinski definition) is 0. The molecule has 0 amide bonds. The summed E-state index contributed by atoms with van der Waals surface area (Å²) in [6, 6.07) is 10.1. The Morgan fingerprint density at radius 3 is 2.21 bits per heavy atom. The van der Waals surface area contributed by atoms with Crippen LogP contribution in [0.15, 0.2) is 40.9 Å². The summed E-state index contributed by atoms with van der Waals surface area (Å²) < 4.78 is 28.4. The van der Waals surface area contributed by atoms with Crippen LogP contribution in [0.2, 0.25) is 5.02 Å². The highest BCUT2D eigenvalue weighted by molar-refractivity contribution is 9.10. The van der Waals surface area contributed by atoms with Crippen LogP contribution in [0.5, 0.6) is 0 Å². The van der Waals surface area contributed by atoms with Crippen LogP contribution in [0, 0.1) is 11.6 Å². The van der Waals surface area contributed by atoms with Gasteiger partial charge in [-0.25, -0.2) is 8.78 Å². The average Bonchev–Trinajstić information content (AvgIpc) is 2.57. The van der Waals surface area contributed by atoms with E-state index in [0.29, 0.717) is 33.7 Å². The Morgan fingerprint density at radius 1 is 0.917 bits per heavy atom. The lowest BCUT2D eigenvalue weighted by Gasteiger charge is -2.35. The Bertz CT molecular complexity index is 698. The van der Waals surface area contributed by atoms with Crippen LogP contribution in [0.4, 0.5) is 8.78 Å². The van der Waals surface area contributed by atoms with Gasteiger partial charge in [-0.1, -0.05) is 29.8 Å². The minimum Gasteiger partial charge on any atom is -0.296 e. The van der Waals surface area contributed by atoms with Gasteiger partial charge in [0.05, 0.1) is 4.47 Å². The van der Waals surface area contributed by atoms with Gasteiger partial charge in [0.15, 0.2) is 0 Å². The van der Waals surface area contributed by atoms with Crippen LogP contribution in [-0.2, 0) is 13.1 Å². The molecule has 0 saturated carbocycles. The molecule has 3 rings (SSSR count). The van der Waals surface area contributed by atoms with E-state index in [4.69, 9.17) is 11.6 Å². The molecule has 2 aromatic carbocycles. The standard InChI is InChI=1S/C18H18BrClF2N2/c19-15-4-1-3-13(18(15)22)11-23-7-9-24(10-8-23)12-14-16(20)5-2-6-17(14)21/h1-6H,7-12H2. The third-order valence-corrected chi connectivity index (χ3v) is 5.30. The number of halogens is 4. The molecule has 0 aromatic heterocycles. The van der Waals surface area contributed by atoms with Crippen LogP contribution in [0.1, 0.15) is 11.1 Å². The number of nitrogens with zero attached hydrogens (tertiary/aromatic N) is 2. The molecule has 1 aliphatic heterocycles. The molecule has 1 heterocycles. The molecule has 0 bridgehead atoms. The fraction of sp³-hybridized carbons (Fsp3) is 0.333. The van der Waals surface area contributed by atoms with Crippen molar-refractivity contribution in [3.8, 4) is 0 Å². The van der Waals surface area contributed by atoms with Gasteiger partial charge < -0.3 is 0 Å². The maximum atomic E-state index is 14.1. The summed E-state index contributed by atoms with van der Waals surface area (Å²) in [4.78, 5) is 4.39. The zero-order chi connectivity index (χ0) is 17.1. The van der Waals surface area contributed by atoms with E-state index in [1.807, 2.05) is 12.1 Å². The van der Waals surface area contributed by atoms with Gasteiger partial charge in [0.25, 0.3) is 0 Å². The van der Waals surface area contributed by atoms with Crippen molar-refractivity contribution >= 4 is 27.5 Å². The van der Waals surface area contributed by atoms with Crippen molar-refractivity contribution in [1.82, 2.24) is 9.80 Å². The van der Waals surface area contributed by atoms with Gasteiger partial charge in [0.2, 0.25) is 0 Å². The third-order valence-electron chi connectivity index (χ3n) is 4.33. The first-order valence-corrected chi connectivity index (χ1v) is 9.02. The van der Waals surface area contributed by atoms with Crippen molar-refractivity contribution < 1.29 is 8.78 Å². The predicted octanol–water partition coefficient (Wildman–Crippen LogP) is 4.70. The van der Waals surface area contributed by atoms with Crippen molar-refractivity contribution in [3.05, 3.63) is 68.7 Å². The largest absolute Gasteiger partial charge is 0.296 e. The maximum absolute atomic E-state index is 14.1. The van der Waals surface area contributed by atoms with E-state index >= 15 is 0 Å². The first-order valence-electron chi connectivity index (χ1n) is 7.85. The monoisotopic (exact) mass is 414 g/mol. The number of piperazine rings is 1. The Morgan fingerprint density at radius 2 is 1.54 bits per heavy atom. The molecule has 6 heteroatoms. The molecule has 0 spiro atoms. The first kappa shape index (κ1) is 17.8. The van der Waals surface area contributed by atoms with Crippen molar-refractivity contribution in [3.63, 3.8) is 0 Å². The number of benzene rings is 2.